The fourth-order valence-electron chi connectivity index (χ4n) is 2.41. The lowest BCUT2D eigenvalue weighted by atomic mass is 10.2. The predicted octanol–water partition coefficient (Wildman–Crippen LogP) is 2.17. The fraction of sp³-hybridized carbons (Fsp3) is 0.467. The van der Waals surface area contributed by atoms with Crippen LogP contribution in [0.2, 0.25) is 0 Å². The van der Waals surface area contributed by atoms with Gasteiger partial charge in [0.25, 0.3) is 0 Å². The third-order valence-electron chi connectivity index (χ3n) is 3.55. The Balaban J connectivity index is 2.32. The molecule has 0 radical (unpaired) electrons. The van der Waals surface area contributed by atoms with Crippen molar-refractivity contribution in [1.29, 1.82) is 0 Å². The Morgan fingerprint density at radius 1 is 1.10 bits per heavy atom. The molecular formula is C15H22N4O. The molecule has 1 N–H and O–H groups in total. The zero-order valence-corrected chi connectivity index (χ0v) is 12.4. The van der Waals surface area contributed by atoms with Gasteiger partial charge in [-0.05, 0) is 44.5 Å². The molecule has 0 aliphatic heterocycles. The van der Waals surface area contributed by atoms with E-state index in [1.54, 1.807) is 4.68 Å². The smallest absolute Gasteiger partial charge is 0.112 e. The molecule has 5 heteroatoms. The van der Waals surface area contributed by atoms with Crippen molar-refractivity contribution in [2.45, 2.75) is 33.8 Å². The molecule has 1 heterocycles. The van der Waals surface area contributed by atoms with Gasteiger partial charge in [-0.15, -0.1) is 5.10 Å². The minimum atomic E-state index is -0.0687. The summed E-state index contributed by atoms with van der Waals surface area (Å²) in [5.41, 5.74) is 3.80. The highest BCUT2D eigenvalue weighted by atomic mass is 16.3. The highest BCUT2D eigenvalue weighted by Crippen LogP contribution is 2.19. The molecule has 0 aliphatic rings. The second-order valence-electron chi connectivity index (χ2n) is 4.59. The zero-order chi connectivity index (χ0) is 14.5. The van der Waals surface area contributed by atoms with Crippen molar-refractivity contribution in [3.63, 3.8) is 0 Å². The van der Waals surface area contributed by atoms with Crippen LogP contribution in [0, 0.1) is 0 Å². The Bertz CT molecular complexity index is 544. The molecule has 0 bridgehead atoms. The van der Waals surface area contributed by atoms with E-state index in [1.807, 2.05) is 19.1 Å². The van der Waals surface area contributed by atoms with Crippen molar-refractivity contribution in [3.8, 4) is 5.69 Å². The summed E-state index contributed by atoms with van der Waals surface area (Å²) < 4.78 is 1.80. The number of benzene rings is 1. The highest BCUT2D eigenvalue weighted by molar-refractivity contribution is 5.51. The van der Waals surface area contributed by atoms with Crippen LogP contribution in [0.25, 0.3) is 5.69 Å². The number of aliphatic hydroxyl groups is 1. The number of hydrogen-bond donors (Lipinski definition) is 1. The van der Waals surface area contributed by atoms with Crippen LogP contribution >= 0.6 is 0 Å². The largest absolute Gasteiger partial charge is 0.390 e. The van der Waals surface area contributed by atoms with Crippen molar-refractivity contribution < 1.29 is 5.11 Å². The van der Waals surface area contributed by atoms with Gasteiger partial charge in [-0.3, -0.25) is 0 Å². The maximum absolute atomic E-state index is 9.27. The summed E-state index contributed by atoms with van der Waals surface area (Å²) in [4.78, 5) is 2.30. The second-order valence-corrected chi connectivity index (χ2v) is 4.59. The van der Waals surface area contributed by atoms with E-state index in [9.17, 15) is 5.11 Å². The minimum absolute atomic E-state index is 0.0687. The van der Waals surface area contributed by atoms with Crippen LogP contribution in [-0.4, -0.2) is 33.2 Å². The summed E-state index contributed by atoms with van der Waals surface area (Å²) in [6, 6.07) is 8.29. The molecule has 0 aliphatic carbocycles. The first kappa shape index (κ1) is 14.5. The monoisotopic (exact) mass is 274 g/mol. The van der Waals surface area contributed by atoms with Crippen LogP contribution in [0.5, 0.6) is 0 Å². The summed E-state index contributed by atoms with van der Waals surface area (Å²) >= 11 is 0. The van der Waals surface area contributed by atoms with Crippen LogP contribution in [0.15, 0.2) is 24.3 Å². The number of rotatable bonds is 6. The number of hydrogen-bond acceptors (Lipinski definition) is 4. The van der Waals surface area contributed by atoms with Gasteiger partial charge in [0, 0.05) is 18.8 Å². The Hall–Kier alpha value is -1.88. The van der Waals surface area contributed by atoms with Crippen molar-refractivity contribution in [2.75, 3.05) is 18.0 Å². The average molecular weight is 274 g/mol. The number of aromatic nitrogens is 3. The predicted molar refractivity (Wildman–Crippen MR) is 80.2 cm³/mol. The Morgan fingerprint density at radius 3 is 2.25 bits per heavy atom. The van der Waals surface area contributed by atoms with Crippen molar-refractivity contribution in [3.05, 3.63) is 35.7 Å². The quantitative estimate of drug-likeness (QED) is 0.877. The van der Waals surface area contributed by atoms with Crippen LogP contribution in [0.4, 0.5) is 5.69 Å². The normalized spacial score (nSPS) is 10.8. The maximum atomic E-state index is 9.27. The average Bonchev–Trinajstić information content (AvgIpc) is 2.92. The van der Waals surface area contributed by atoms with E-state index in [2.05, 4.69) is 41.2 Å². The molecule has 20 heavy (non-hydrogen) atoms. The zero-order valence-electron chi connectivity index (χ0n) is 12.4. The summed E-state index contributed by atoms with van der Waals surface area (Å²) in [6.07, 6.45) is 0.792. The van der Waals surface area contributed by atoms with E-state index in [0.717, 1.165) is 30.9 Å². The first-order chi connectivity index (χ1) is 9.74. The Kier molecular flexibility index (Phi) is 4.74. The highest BCUT2D eigenvalue weighted by Gasteiger charge is 2.12. The van der Waals surface area contributed by atoms with Gasteiger partial charge in [0.05, 0.1) is 18.0 Å². The molecule has 0 fully saturated rings. The molecule has 0 atom stereocenters. The first-order valence-corrected chi connectivity index (χ1v) is 7.14. The number of aliphatic hydroxyl groups excluding tert-OH is 1. The molecule has 5 nitrogen and oxygen atoms in total. The van der Waals surface area contributed by atoms with Crippen LogP contribution in [-0.2, 0) is 13.0 Å². The minimum Gasteiger partial charge on any atom is -0.390 e. The van der Waals surface area contributed by atoms with Gasteiger partial charge in [0.1, 0.15) is 5.69 Å². The van der Waals surface area contributed by atoms with Gasteiger partial charge in [-0.2, -0.15) is 0 Å². The molecular weight excluding hydrogens is 252 g/mol. The fourth-order valence-corrected chi connectivity index (χ4v) is 2.41. The molecule has 0 amide bonds. The molecule has 0 saturated carbocycles. The molecule has 0 spiro atoms. The Morgan fingerprint density at radius 2 is 1.75 bits per heavy atom. The lowest BCUT2D eigenvalue weighted by Gasteiger charge is -2.21. The molecule has 1 aromatic heterocycles. The molecule has 0 saturated heterocycles. The van der Waals surface area contributed by atoms with Gasteiger partial charge in [0.15, 0.2) is 0 Å². The lowest BCUT2D eigenvalue weighted by molar-refractivity contribution is 0.275. The van der Waals surface area contributed by atoms with E-state index in [4.69, 9.17) is 0 Å². The van der Waals surface area contributed by atoms with E-state index >= 15 is 0 Å². The van der Waals surface area contributed by atoms with Gasteiger partial charge < -0.3 is 10.0 Å². The molecule has 2 rings (SSSR count). The molecule has 0 unspecified atom stereocenters. The third-order valence-corrected chi connectivity index (χ3v) is 3.55. The van der Waals surface area contributed by atoms with Crippen LogP contribution < -0.4 is 4.90 Å². The van der Waals surface area contributed by atoms with Crippen molar-refractivity contribution >= 4 is 5.69 Å². The standard InChI is InChI=1S/C15H22N4O/c1-4-15-14(11-20)16-17-19(15)13-9-7-12(8-10-13)18(5-2)6-3/h7-10,20H,4-6,11H2,1-3H3. The third kappa shape index (κ3) is 2.67. The van der Waals surface area contributed by atoms with Gasteiger partial charge in [-0.1, -0.05) is 12.1 Å². The van der Waals surface area contributed by atoms with E-state index < -0.39 is 0 Å². The van der Waals surface area contributed by atoms with Crippen molar-refractivity contribution in [2.24, 2.45) is 0 Å². The van der Waals surface area contributed by atoms with Crippen LogP contribution in [0.3, 0.4) is 0 Å². The summed E-state index contributed by atoms with van der Waals surface area (Å²) in [6.45, 7) is 8.26. The van der Waals surface area contributed by atoms with Gasteiger partial charge >= 0.3 is 0 Å². The summed E-state index contributed by atoms with van der Waals surface area (Å²) in [7, 11) is 0. The lowest BCUT2D eigenvalue weighted by Crippen LogP contribution is -2.21. The second kappa shape index (κ2) is 6.52. The molecule has 1 aromatic carbocycles. The van der Waals surface area contributed by atoms with Gasteiger partial charge in [0.2, 0.25) is 0 Å². The molecule has 2 aromatic rings. The topological polar surface area (TPSA) is 54.2 Å². The first-order valence-electron chi connectivity index (χ1n) is 7.14. The molecule has 108 valence electrons. The van der Waals surface area contributed by atoms with Crippen LogP contribution in [0.1, 0.15) is 32.2 Å². The van der Waals surface area contributed by atoms with E-state index in [-0.39, 0.29) is 6.61 Å². The van der Waals surface area contributed by atoms with Gasteiger partial charge in [-0.25, -0.2) is 4.68 Å². The summed E-state index contributed by atoms with van der Waals surface area (Å²) in [5.74, 6) is 0. The van der Waals surface area contributed by atoms with E-state index in [0.29, 0.717) is 5.69 Å². The summed E-state index contributed by atoms with van der Waals surface area (Å²) in [5, 5.41) is 17.4. The van der Waals surface area contributed by atoms with E-state index in [1.165, 1.54) is 5.69 Å². The van der Waals surface area contributed by atoms with Crippen molar-refractivity contribution in [1.82, 2.24) is 15.0 Å². The number of anilines is 1. The SMILES string of the molecule is CCc1c(CO)nnn1-c1ccc(N(CC)CC)cc1. The Labute approximate surface area is 119 Å². The maximum Gasteiger partial charge on any atom is 0.112 e. The number of nitrogens with zero attached hydrogens (tertiary/aromatic N) is 4.